The highest BCUT2D eigenvalue weighted by Gasteiger charge is 2.31. The van der Waals surface area contributed by atoms with Crippen LogP contribution in [-0.2, 0) is 32.6 Å². The summed E-state index contributed by atoms with van der Waals surface area (Å²) in [5, 5.41) is 0. The predicted octanol–water partition coefficient (Wildman–Crippen LogP) is 3.72. The van der Waals surface area contributed by atoms with Crippen LogP contribution in [0.4, 0.5) is 0 Å². The minimum absolute atomic E-state index is 0.0446. The zero-order valence-corrected chi connectivity index (χ0v) is 18.5. The van der Waals surface area contributed by atoms with Crippen molar-refractivity contribution in [1.82, 2.24) is 0 Å². The summed E-state index contributed by atoms with van der Waals surface area (Å²) in [6.07, 6.45) is 3.91. The highest BCUT2D eigenvalue weighted by Crippen LogP contribution is 2.51. The summed E-state index contributed by atoms with van der Waals surface area (Å²) in [5.74, 6) is -0.811. The van der Waals surface area contributed by atoms with Gasteiger partial charge in [0.1, 0.15) is 5.76 Å². The largest absolute Gasteiger partial charge is 0.497 e. The average Bonchev–Trinajstić information content (AvgIpc) is 2.45. The van der Waals surface area contributed by atoms with Crippen LogP contribution in [0.1, 0.15) is 20.8 Å². The van der Waals surface area contributed by atoms with Crippen LogP contribution in [0, 0.1) is 0 Å². The Labute approximate surface area is 157 Å². The summed E-state index contributed by atoms with van der Waals surface area (Å²) in [4.78, 5) is 23.1. The van der Waals surface area contributed by atoms with E-state index in [-0.39, 0.29) is 31.3 Å². The molecule has 0 heterocycles. The van der Waals surface area contributed by atoms with Gasteiger partial charge in [-0.05, 0) is 40.4 Å². The number of carbonyl (C=O) groups excluding carboxylic acids is 2. The molecule has 150 valence electrons. The third-order valence-electron chi connectivity index (χ3n) is 2.66. The zero-order chi connectivity index (χ0) is 20.2. The van der Waals surface area contributed by atoms with Gasteiger partial charge in [-0.2, -0.15) is 0 Å². The molecule has 9 heteroatoms. The maximum absolute atomic E-state index is 13.3. The van der Waals surface area contributed by atoms with Crippen molar-refractivity contribution in [2.24, 2.45) is 0 Å². The Balaban J connectivity index is 5.39. The molecule has 0 amide bonds. The first-order valence-electron chi connectivity index (χ1n) is 8.67. The van der Waals surface area contributed by atoms with Crippen molar-refractivity contribution >= 4 is 27.6 Å². The van der Waals surface area contributed by atoms with Gasteiger partial charge in [-0.15, -0.1) is 0 Å². The summed E-state index contributed by atoms with van der Waals surface area (Å²) in [5.41, 5.74) is 0. The number of rotatable bonds is 12. The van der Waals surface area contributed by atoms with E-state index < -0.39 is 27.6 Å². The van der Waals surface area contributed by atoms with Crippen molar-refractivity contribution in [1.29, 1.82) is 0 Å². The van der Waals surface area contributed by atoms with Crippen LogP contribution in [-0.4, -0.2) is 52.4 Å². The Morgan fingerprint density at radius 3 is 1.96 bits per heavy atom. The van der Waals surface area contributed by atoms with Crippen molar-refractivity contribution in [3.63, 3.8) is 0 Å². The van der Waals surface area contributed by atoms with E-state index in [9.17, 15) is 14.2 Å². The Hall–Kier alpha value is -1.37. The molecule has 0 aromatic carbocycles. The van der Waals surface area contributed by atoms with Crippen molar-refractivity contribution in [2.45, 2.75) is 40.4 Å². The molecule has 0 aromatic heterocycles. The Morgan fingerprint density at radius 1 is 0.923 bits per heavy atom. The van der Waals surface area contributed by atoms with E-state index in [0.717, 1.165) is 0 Å². The van der Waals surface area contributed by atoms with Crippen LogP contribution in [0.5, 0.6) is 0 Å². The standard InChI is InChI=1S/C17H31O7PSi/c1-7-21-15(13-17(19)23-9-3)14-25(20,24-26(4,5)6)12-10-11-16(18)22-8-2/h10-11,13H,7-9,12,14H2,1-6H3/b11-10+,15-13-. The SMILES string of the molecule is CCOC(=O)/C=C(/CP(=O)(C/C=C/C(=O)OCC)O[Si](C)(C)C)OCC. The van der Waals surface area contributed by atoms with Crippen LogP contribution in [0.2, 0.25) is 19.6 Å². The Morgan fingerprint density at radius 2 is 1.46 bits per heavy atom. The second-order valence-corrected chi connectivity index (χ2v) is 13.6. The van der Waals surface area contributed by atoms with E-state index in [2.05, 4.69) is 0 Å². The van der Waals surface area contributed by atoms with Crippen molar-refractivity contribution < 1.29 is 32.6 Å². The van der Waals surface area contributed by atoms with Crippen molar-refractivity contribution in [2.75, 3.05) is 32.1 Å². The van der Waals surface area contributed by atoms with Crippen molar-refractivity contribution in [3.05, 3.63) is 24.0 Å². The van der Waals surface area contributed by atoms with Crippen LogP contribution >= 0.6 is 7.37 Å². The fraction of sp³-hybridized carbons (Fsp3) is 0.647. The molecule has 1 atom stereocenters. The molecule has 0 rings (SSSR count). The van der Waals surface area contributed by atoms with Gasteiger partial charge in [0.05, 0.1) is 32.1 Å². The Kier molecular flexibility index (Phi) is 11.5. The third-order valence-corrected chi connectivity index (χ3v) is 7.74. The molecule has 0 saturated carbocycles. The van der Waals surface area contributed by atoms with E-state index in [0.29, 0.717) is 6.61 Å². The number of ether oxygens (including phenoxy) is 3. The summed E-state index contributed by atoms with van der Waals surface area (Å²) >= 11 is 0. The fourth-order valence-electron chi connectivity index (χ4n) is 2.00. The van der Waals surface area contributed by atoms with Gasteiger partial charge in [0.25, 0.3) is 0 Å². The van der Waals surface area contributed by atoms with Gasteiger partial charge >= 0.3 is 11.9 Å². The molecule has 0 radical (unpaired) electrons. The van der Waals surface area contributed by atoms with E-state index in [1.807, 2.05) is 19.6 Å². The van der Waals surface area contributed by atoms with E-state index >= 15 is 0 Å². The highest BCUT2D eigenvalue weighted by molar-refractivity contribution is 7.60. The molecule has 0 bridgehead atoms. The lowest BCUT2D eigenvalue weighted by Crippen LogP contribution is -2.25. The van der Waals surface area contributed by atoms with Crippen LogP contribution < -0.4 is 0 Å². The monoisotopic (exact) mass is 406 g/mol. The van der Waals surface area contributed by atoms with Gasteiger partial charge in [0, 0.05) is 12.2 Å². The smallest absolute Gasteiger partial charge is 0.334 e. The molecule has 0 fully saturated rings. The second kappa shape index (κ2) is 12.1. The molecular weight excluding hydrogens is 375 g/mol. The van der Waals surface area contributed by atoms with Gasteiger partial charge in [-0.3, -0.25) is 4.57 Å². The molecule has 0 N–H and O–H groups in total. The van der Waals surface area contributed by atoms with Crippen LogP contribution in [0.15, 0.2) is 24.0 Å². The van der Waals surface area contributed by atoms with E-state index in [1.165, 1.54) is 18.2 Å². The molecule has 0 aliphatic heterocycles. The average molecular weight is 406 g/mol. The van der Waals surface area contributed by atoms with Gasteiger partial charge in [0.2, 0.25) is 7.37 Å². The number of hydrogen-bond donors (Lipinski definition) is 0. The third kappa shape index (κ3) is 12.1. The number of hydrogen-bond acceptors (Lipinski definition) is 7. The molecule has 1 unspecified atom stereocenters. The summed E-state index contributed by atoms with van der Waals surface area (Å²) in [7, 11) is -5.35. The maximum atomic E-state index is 13.3. The van der Waals surface area contributed by atoms with Gasteiger partial charge in [0.15, 0.2) is 8.32 Å². The second-order valence-electron chi connectivity index (χ2n) is 6.31. The quantitative estimate of drug-likeness (QED) is 0.160. The molecule has 0 aliphatic rings. The summed E-state index contributed by atoms with van der Waals surface area (Å²) < 4.78 is 34.4. The highest BCUT2D eigenvalue weighted by atomic mass is 31.2. The molecule has 0 aromatic rings. The topological polar surface area (TPSA) is 88.1 Å². The van der Waals surface area contributed by atoms with Crippen molar-refractivity contribution in [3.8, 4) is 0 Å². The first-order chi connectivity index (χ1) is 12.0. The first-order valence-corrected chi connectivity index (χ1v) is 14.1. The Bertz CT molecular complexity index is 564. The summed E-state index contributed by atoms with van der Waals surface area (Å²) in [6, 6.07) is 0. The number of allylic oxidation sites excluding steroid dienone is 2. The lowest BCUT2D eigenvalue weighted by Gasteiger charge is -2.26. The minimum atomic E-state index is -3.21. The van der Waals surface area contributed by atoms with Crippen LogP contribution in [0.3, 0.4) is 0 Å². The van der Waals surface area contributed by atoms with Gasteiger partial charge in [-0.1, -0.05) is 6.08 Å². The normalized spacial score (nSPS) is 14.8. The summed E-state index contributed by atoms with van der Waals surface area (Å²) in [6.45, 7) is 11.8. The zero-order valence-electron chi connectivity index (χ0n) is 16.6. The number of esters is 2. The predicted molar refractivity (Wildman–Crippen MR) is 104 cm³/mol. The van der Waals surface area contributed by atoms with Gasteiger partial charge in [-0.25, -0.2) is 9.59 Å². The lowest BCUT2D eigenvalue weighted by molar-refractivity contribution is -0.138. The van der Waals surface area contributed by atoms with Crippen LogP contribution in [0.25, 0.3) is 0 Å². The minimum Gasteiger partial charge on any atom is -0.497 e. The molecule has 0 spiro atoms. The molecular formula is C17H31O7PSi. The maximum Gasteiger partial charge on any atom is 0.334 e. The van der Waals surface area contributed by atoms with E-state index in [4.69, 9.17) is 18.4 Å². The molecule has 0 aliphatic carbocycles. The first kappa shape index (κ1) is 24.6. The van der Waals surface area contributed by atoms with Gasteiger partial charge < -0.3 is 18.4 Å². The molecule has 7 nitrogen and oxygen atoms in total. The lowest BCUT2D eigenvalue weighted by atomic mass is 10.5. The fourth-order valence-corrected chi connectivity index (χ4v) is 7.77. The van der Waals surface area contributed by atoms with E-state index in [1.54, 1.807) is 20.8 Å². The molecule has 26 heavy (non-hydrogen) atoms. The number of carbonyl (C=O) groups is 2. The molecule has 0 saturated heterocycles.